The third kappa shape index (κ3) is 36.2. The fraction of sp³-hybridized carbons (Fsp3) is 0.690. The minimum Gasteiger partial charge on any atom is -0.480 e. The summed E-state index contributed by atoms with van der Waals surface area (Å²) in [5.41, 5.74) is 5.32. The number of carbonyl (C=O) groups excluding carboxylic acids is 2. The minimum atomic E-state index is -4.73. The largest absolute Gasteiger partial charge is 0.480 e. The molecular weight excluding hydrogens is 709 g/mol. The number of allylic oxidation sites excluding steroid dienone is 10. The van der Waals surface area contributed by atoms with Crippen LogP contribution in [-0.2, 0) is 37.5 Å². The molecule has 0 radical (unpaired) electrons. The van der Waals surface area contributed by atoms with Crippen LogP contribution in [0.15, 0.2) is 60.8 Å². The molecule has 310 valence electrons. The molecular formula is C42H72NO10P. The Bertz CT molecular complexity index is 1150. The number of aliphatic carboxylic acids is 1. The molecule has 0 bridgehead atoms. The molecule has 0 saturated heterocycles. The lowest BCUT2D eigenvalue weighted by molar-refractivity contribution is -0.161. The third-order valence-electron chi connectivity index (χ3n) is 8.26. The second kappa shape index (κ2) is 37.1. The van der Waals surface area contributed by atoms with Crippen LogP contribution in [0.25, 0.3) is 0 Å². The van der Waals surface area contributed by atoms with Crippen LogP contribution in [0.2, 0.25) is 0 Å². The van der Waals surface area contributed by atoms with Crippen molar-refractivity contribution in [3.8, 4) is 0 Å². The Morgan fingerprint density at radius 2 is 1.07 bits per heavy atom. The van der Waals surface area contributed by atoms with Gasteiger partial charge in [0.25, 0.3) is 0 Å². The molecule has 12 heteroatoms. The standard InChI is InChI=1S/C42H72NO10P/c1-3-5-7-9-11-13-15-17-19-21-23-25-27-29-31-33-40(44)50-35-38(36-51-54(48,49)52-37-39(43)42(46)47)53-41(45)34-32-30-28-26-24-22-20-18-16-14-12-10-8-6-4-2/h6,8,12,14,18,20,24,26-27,29,38-39H,3-5,7,9-11,13,15-17,19,21-23,25,28,30-37,43H2,1-2H3,(H,46,47)(H,48,49)/b8-6+,14-12+,20-18+,26-24+,29-27+/t38-,39+/m1/s1. The SMILES string of the molecule is CC/C=C/C/C=C/C/C=C/C/C=C/CCCCC(=O)O[C@H](COC(=O)CC/C=C/CCCCCCCCCCCCC)COP(=O)(O)OC[C@H](N)C(=O)O. The predicted octanol–water partition coefficient (Wildman–Crippen LogP) is 10.4. The van der Waals surface area contributed by atoms with Gasteiger partial charge in [-0.2, -0.15) is 0 Å². The predicted molar refractivity (Wildman–Crippen MR) is 217 cm³/mol. The molecule has 11 nitrogen and oxygen atoms in total. The summed E-state index contributed by atoms with van der Waals surface area (Å²) in [6, 6.07) is -1.53. The first kappa shape index (κ1) is 51.2. The van der Waals surface area contributed by atoms with Crippen molar-refractivity contribution in [3.63, 3.8) is 0 Å². The summed E-state index contributed by atoms with van der Waals surface area (Å²) in [7, 11) is -4.73. The number of carbonyl (C=O) groups is 3. The van der Waals surface area contributed by atoms with Gasteiger partial charge in [-0.05, 0) is 64.2 Å². The lowest BCUT2D eigenvalue weighted by Crippen LogP contribution is -2.34. The van der Waals surface area contributed by atoms with Crippen molar-refractivity contribution < 1.29 is 47.5 Å². The normalized spacial score (nSPS) is 14.4. The Morgan fingerprint density at radius 1 is 0.593 bits per heavy atom. The van der Waals surface area contributed by atoms with E-state index in [4.69, 9.17) is 24.8 Å². The number of nitrogens with two attached hydrogens (primary N) is 1. The summed E-state index contributed by atoms with van der Waals surface area (Å²) in [5, 5.41) is 8.87. The molecule has 1 unspecified atom stereocenters. The molecule has 0 aromatic rings. The van der Waals surface area contributed by atoms with Crippen LogP contribution in [0, 0.1) is 0 Å². The zero-order valence-corrected chi connectivity index (χ0v) is 34.2. The van der Waals surface area contributed by atoms with Gasteiger partial charge < -0.3 is 25.2 Å². The van der Waals surface area contributed by atoms with E-state index in [1.54, 1.807) is 0 Å². The molecule has 54 heavy (non-hydrogen) atoms. The van der Waals surface area contributed by atoms with Gasteiger partial charge in [-0.3, -0.25) is 23.4 Å². The van der Waals surface area contributed by atoms with Gasteiger partial charge in [0.1, 0.15) is 12.6 Å². The van der Waals surface area contributed by atoms with Gasteiger partial charge in [0.05, 0.1) is 13.2 Å². The number of unbranched alkanes of at least 4 members (excludes halogenated alkanes) is 13. The van der Waals surface area contributed by atoms with E-state index in [-0.39, 0.29) is 19.4 Å². The highest BCUT2D eigenvalue weighted by molar-refractivity contribution is 7.47. The maximum atomic E-state index is 12.6. The Kier molecular flexibility index (Phi) is 35.2. The Balaban J connectivity index is 4.52. The second-order valence-corrected chi connectivity index (χ2v) is 14.8. The second-order valence-electron chi connectivity index (χ2n) is 13.4. The Hall–Kier alpha value is -2.82. The van der Waals surface area contributed by atoms with Gasteiger partial charge in [-0.15, -0.1) is 0 Å². The van der Waals surface area contributed by atoms with E-state index in [0.717, 1.165) is 51.4 Å². The van der Waals surface area contributed by atoms with E-state index >= 15 is 0 Å². The average Bonchev–Trinajstić information content (AvgIpc) is 3.14. The average molecular weight is 782 g/mol. The first-order valence-corrected chi connectivity index (χ1v) is 21.8. The number of carboxylic acid groups (broad SMARTS) is 1. The van der Waals surface area contributed by atoms with E-state index in [0.29, 0.717) is 12.8 Å². The molecule has 0 aliphatic rings. The van der Waals surface area contributed by atoms with Gasteiger partial charge in [0.2, 0.25) is 0 Å². The van der Waals surface area contributed by atoms with Gasteiger partial charge in [-0.25, -0.2) is 4.57 Å². The molecule has 0 saturated carbocycles. The van der Waals surface area contributed by atoms with E-state index in [2.05, 4.69) is 73.1 Å². The fourth-order valence-electron chi connectivity index (χ4n) is 5.07. The van der Waals surface area contributed by atoms with Crippen molar-refractivity contribution in [1.82, 2.24) is 0 Å². The number of carboxylic acids is 1. The van der Waals surface area contributed by atoms with Crippen LogP contribution >= 0.6 is 7.82 Å². The van der Waals surface area contributed by atoms with Crippen molar-refractivity contribution in [1.29, 1.82) is 0 Å². The number of hydrogen-bond acceptors (Lipinski definition) is 9. The molecule has 0 aromatic heterocycles. The molecule has 0 heterocycles. The summed E-state index contributed by atoms with van der Waals surface area (Å²) < 4.78 is 32.5. The number of phosphoric acid groups is 1. The number of rotatable bonds is 37. The number of ether oxygens (including phenoxy) is 2. The molecule has 0 fully saturated rings. The molecule has 0 spiro atoms. The van der Waals surface area contributed by atoms with E-state index in [9.17, 15) is 23.8 Å². The van der Waals surface area contributed by atoms with Crippen molar-refractivity contribution >= 4 is 25.7 Å². The monoisotopic (exact) mass is 781 g/mol. The summed E-state index contributed by atoms with van der Waals surface area (Å²) in [4.78, 5) is 45.8. The van der Waals surface area contributed by atoms with Crippen LogP contribution in [0.5, 0.6) is 0 Å². The van der Waals surface area contributed by atoms with E-state index in [1.807, 2.05) is 6.08 Å². The van der Waals surface area contributed by atoms with Crippen LogP contribution in [-0.4, -0.2) is 59.9 Å². The van der Waals surface area contributed by atoms with Crippen LogP contribution in [0.4, 0.5) is 0 Å². The number of esters is 2. The summed E-state index contributed by atoms with van der Waals surface area (Å²) in [5.74, 6) is -2.50. The maximum absolute atomic E-state index is 12.6. The molecule has 0 aliphatic heterocycles. The summed E-state index contributed by atoms with van der Waals surface area (Å²) in [6.45, 7) is 2.59. The minimum absolute atomic E-state index is 0.0998. The zero-order valence-electron chi connectivity index (χ0n) is 33.3. The molecule has 0 aromatic carbocycles. The van der Waals surface area contributed by atoms with Gasteiger partial charge >= 0.3 is 25.7 Å². The van der Waals surface area contributed by atoms with Crippen LogP contribution < -0.4 is 5.73 Å². The first-order chi connectivity index (χ1) is 26.1. The van der Waals surface area contributed by atoms with Crippen LogP contribution in [0.3, 0.4) is 0 Å². The lowest BCUT2D eigenvalue weighted by Gasteiger charge is -2.20. The maximum Gasteiger partial charge on any atom is 0.472 e. The molecule has 0 amide bonds. The molecule has 0 rings (SSSR count). The quantitative estimate of drug-likeness (QED) is 0.0237. The van der Waals surface area contributed by atoms with Crippen molar-refractivity contribution in [2.75, 3.05) is 19.8 Å². The van der Waals surface area contributed by atoms with Gasteiger partial charge in [0, 0.05) is 12.8 Å². The lowest BCUT2D eigenvalue weighted by atomic mass is 10.1. The highest BCUT2D eigenvalue weighted by atomic mass is 31.2. The Labute approximate surface area is 326 Å². The number of hydrogen-bond donors (Lipinski definition) is 3. The van der Waals surface area contributed by atoms with Gasteiger partial charge in [0.15, 0.2) is 6.10 Å². The highest BCUT2D eigenvalue weighted by Crippen LogP contribution is 2.43. The summed E-state index contributed by atoms with van der Waals surface area (Å²) >= 11 is 0. The topological polar surface area (TPSA) is 172 Å². The zero-order chi connectivity index (χ0) is 40.0. The first-order valence-electron chi connectivity index (χ1n) is 20.3. The van der Waals surface area contributed by atoms with Gasteiger partial charge in [-0.1, -0.05) is 139 Å². The molecule has 0 aliphatic carbocycles. The van der Waals surface area contributed by atoms with Crippen molar-refractivity contribution in [2.45, 2.75) is 167 Å². The van der Waals surface area contributed by atoms with E-state index < -0.39 is 51.1 Å². The van der Waals surface area contributed by atoms with Crippen molar-refractivity contribution in [2.24, 2.45) is 5.73 Å². The van der Waals surface area contributed by atoms with E-state index in [1.165, 1.54) is 64.2 Å². The van der Waals surface area contributed by atoms with Crippen LogP contribution in [0.1, 0.15) is 155 Å². The summed E-state index contributed by atoms with van der Waals surface area (Å²) in [6.07, 6.45) is 41.7. The smallest absolute Gasteiger partial charge is 0.472 e. The molecule has 3 atom stereocenters. The third-order valence-corrected chi connectivity index (χ3v) is 9.21. The number of phosphoric ester groups is 1. The molecule has 4 N–H and O–H groups in total. The Morgan fingerprint density at radius 3 is 1.65 bits per heavy atom. The van der Waals surface area contributed by atoms with Crippen molar-refractivity contribution in [3.05, 3.63) is 60.8 Å². The highest BCUT2D eigenvalue weighted by Gasteiger charge is 2.28. The fourth-order valence-corrected chi connectivity index (χ4v) is 5.85.